The van der Waals surface area contributed by atoms with E-state index >= 15 is 0 Å². The van der Waals surface area contributed by atoms with Gasteiger partial charge in [-0.1, -0.05) is 12.8 Å². The maximum absolute atomic E-state index is 11.7. The molecule has 0 aliphatic heterocycles. The molecule has 1 saturated carbocycles. The molecule has 1 rings (SSSR count). The molecule has 112 valence electrons. The Morgan fingerprint density at radius 2 is 1.95 bits per heavy atom. The van der Waals surface area contributed by atoms with Gasteiger partial charge in [0.2, 0.25) is 10.0 Å². The zero-order valence-electron chi connectivity index (χ0n) is 11.5. The second kappa shape index (κ2) is 6.67. The number of ether oxygens (including phenoxy) is 1. The van der Waals surface area contributed by atoms with Gasteiger partial charge >= 0.3 is 5.97 Å². The summed E-state index contributed by atoms with van der Waals surface area (Å²) in [4.78, 5) is 11.3. The van der Waals surface area contributed by atoms with E-state index in [1.165, 1.54) is 0 Å². The first-order chi connectivity index (χ1) is 8.77. The molecule has 0 amide bonds. The van der Waals surface area contributed by atoms with E-state index in [2.05, 4.69) is 4.72 Å². The van der Waals surface area contributed by atoms with Crippen molar-refractivity contribution in [1.82, 2.24) is 4.72 Å². The predicted octanol–water partition coefficient (Wildman–Crippen LogP) is 0.976. The number of hydrogen-bond acceptors (Lipinski definition) is 4. The van der Waals surface area contributed by atoms with Gasteiger partial charge < -0.3 is 9.84 Å². The van der Waals surface area contributed by atoms with E-state index in [0.29, 0.717) is 12.8 Å². The Labute approximate surface area is 114 Å². The van der Waals surface area contributed by atoms with E-state index in [-0.39, 0.29) is 25.0 Å². The lowest BCUT2D eigenvalue weighted by molar-refractivity contribution is -0.148. The minimum absolute atomic E-state index is 0.0182. The molecule has 0 bridgehead atoms. The standard InChI is InChI=1S/C12H23NO5S/c1-10(2)18-7-8-19(16,17)13-9-12(11(14)15)5-3-4-6-12/h10,13H,3-9H2,1-2H3,(H,14,15). The highest BCUT2D eigenvalue weighted by atomic mass is 32.2. The average Bonchev–Trinajstić information content (AvgIpc) is 2.75. The number of carbonyl (C=O) groups is 1. The number of carboxylic acids is 1. The third-order valence-corrected chi connectivity index (χ3v) is 4.74. The molecule has 6 nitrogen and oxygen atoms in total. The van der Waals surface area contributed by atoms with Gasteiger partial charge in [-0.05, 0) is 26.7 Å². The van der Waals surface area contributed by atoms with Crippen molar-refractivity contribution in [2.75, 3.05) is 18.9 Å². The van der Waals surface area contributed by atoms with Crippen molar-refractivity contribution in [3.63, 3.8) is 0 Å². The second-order valence-electron chi connectivity index (χ2n) is 5.35. The van der Waals surface area contributed by atoms with Gasteiger partial charge in [-0.15, -0.1) is 0 Å². The molecule has 0 atom stereocenters. The largest absolute Gasteiger partial charge is 0.481 e. The van der Waals surface area contributed by atoms with Gasteiger partial charge in [-0.2, -0.15) is 0 Å². The summed E-state index contributed by atoms with van der Waals surface area (Å²) in [5.74, 6) is -1.05. The summed E-state index contributed by atoms with van der Waals surface area (Å²) in [5, 5.41) is 9.25. The molecule has 19 heavy (non-hydrogen) atoms. The molecule has 0 radical (unpaired) electrons. The lowest BCUT2D eigenvalue weighted by Gasteiger charge is -2.23. The van der Waals surface area contributed by atoms with Gasteiger partial charge in [0.15, 0.2) is 0 Å². The van der Waals surface area contributed by atoms with Gasteiger partial charge in [0.05, 0.1) is 23.9 Å². The molecule has 2 N–H and O–H groups in total. The maximum atomic E-state index is 11.7. The molecule has 0 aromatic carbocycles. The van der Waals surface area contributed by atoms with E-state index in [1.54, 1.807) is 0 Å². The highest BCUT2D eigenvalue weighted by Gasteiger charge is 2.41. The number of rotatable bonds is 8. The van der Waals surface area contributed by atoms with Crippen molar-refractivity contribution >= 4 is 16.0 Å². The van der Waals surface area contributed by atoms with Gasteiger partial charge in [0.25, 0.3) is 0 Å². The monoisotopic (exact) mass is 293 g/mol. The second-order valence-corrected chi connectivity index (χ2v) is 7.28. The zero-order valence-corrected chi connectivity index (χ0v) is 12.3. The SMILES string of the molecule is CC(C)OCCS(=O)(=O)NCC1(C(=O)O)CCCC1. The minimum atomic E-state index is -3.47. The molecule has 0 unspecified atom stereocenters. The molecule has 1 aliphatic carbocycles. The third kappa shape index (κ3) is 5.08. The smallest absolute Gasteiger partial charge is 0.310 e. The zero-order chi connectivity index (χ0) is 14.5. The van der Waals surface area contributed by atoms with Crippen molar-refractivity contribution < 1.29 is 23.1 Å². The van der Waals surface area contributed by atoms with Crippen molar-refractivity contribution in [2.45, 2.75) is 45.6 Å². The normalized spacial score (nSPS) is 18.9. The molecule has 0 aromatic heterocycles. The van der Waals surface area contributed by atoms with E-state index in [1.807, 2.05) is 13.8 Å². The summed E-state index contributed by atoms with van der Waals surface area (Å²) in [6.45, 7) is 3.76. The molecule has 1 fully saturated rings. The summed E-state index contributed by atoms with van der Waals surface area (Å²) in [5.41, 5.74) is -0.925. The first kappa shape index (κ1) is 16.4. The van der Waals surface area contributed by atoms with Gasteiger partial charge in [0.1, 0.15) is 0 Å². The fourth-order valence-electron chi connectivity index (χ4n) is 2.23. The highest BCUT2D eigenvalue weighted by Crippen LogP contribution is 2.37. The number of sulfonamides is 1. The van der Waals surface area contributed by atoms with Crippen molar-refractivity contribution in [3.8, 4) is 0 Å². The molecule has 0 heterocycles. The van der Waals surface area contributed by atoms with Crippen LogP contribution < -0.4 is 4.72 Å². The first-order valence-corrected chi connectivity index (χ1v) is 8.25. The van der Waals surface area contributed by atoms with Crippen LogP contribution in [0, 0.1) is 5.41 Å². The molecular formula is C12H23NO5S. The summed E-state index contributed by atoms with van der Waals surface area (Å²) in [6.07, 6.45) is 2.73. The van der Waals surface area contributed by atoms with Crippen LogP contribution >= 0.6 is 0 Å². The fraction of sp³-hybridized carbons (Fsp3) is 0.917. The number of aliphatic carboxylic acids is 1. The quantitative estimate of drug-likeness (QED) is 0.696. The Morgan fingerprint density at radius 3 is 2.42 bits per heavy atom. The average molecular weight is 293 g/mol. The maximum Gasteiger partial charge on any atom is 0.310 e. The van der Waals surface area contributed by atoms with Crippen LogP contribution in [0.4, 0.5) is 0 Å². The Balaban J connectivity index is 2.47. The molecule has 1 aliphatic rings. The summed E-state index contributed by atoms with van der Waals surface area (Å²) in [7, 11) is -3.47. The molecular weight excluding hydrogens is 270 g/mol. The van der Waals surface area contributed by atoms with Crippen LogP contribution in [0.25, 0.3) is 0 Å². The summed E-state index contributed by atoms with van der Waals surface area (Å²) in [6, 6.07) is 0. The van der Waals surface area contributed by atoms with E-state index in [9.17, 15) is 18.3 Å². The summed E-state index contributed by atoms with van der Waals surface area (Å²) < 4.78 is 31.1. The Morgan fingerprint density at radius 1 is 1.37 bits per heavy atom. The Kier molecular flexibility index (Phi) is 5.76. The molecule has 7 heteroatoms. The first-order valence-electron chi connectivity index (χ1n) is 6.60. The van der Waals surface area contributed by atoms with E-state index in [0.717, 1.165) is 12.8 Å². The number of carboxylic acid groups (broad SMARTS) is 1. The highest BCUT2D eigenvalue weighted by molar-refractivity contribution is 7.89. The number of hydrogen-bond donors (Lipinski definition) is 2. The molecule has 0 saturated heterocycles. The number of nitrogens with one attached hydrogen (secondary N) is 1. The van der Waals surface area contributed by atoms with E-state index in [4.69, 9.17) is 4.74 Å². The van der Waals surface area contributed by atoms with Crippen molar-refractivity contribution in [1.29, 1.82) is 0 Å². The van der Waals surface area contributed by atoms with Gasteiger partial charge in [-0.3, -0.25) is 4.79 Å². The minimum Gasteiger partial charge on any atom is -0.481 e. The lowest BCUT2D eigenvalue weighted by Crippen LogP contribution is -2.42. The van der Waals surface area contributed by atoms with Gasteiger partial charge in [0, 0.05) is 6.54 Å². The van der Waals surface area contributed by atoms with Crippen LogP contribution in [0.1, 0.15) is 39.5 Å². The van der Waals surface area contributed by atoms with Crippen LogP contribution in [0.3, 0.4) is 0 Å². The van der Waals surface area contributed by atoms with Crippen LogP contribution in [0.2, 0.25) is 0 Å². The third-order valence-electron chi connectivity index (χ3n) is 3.45. The molecule has 0 spiro atoms. The van der Waals surface area contributed by atoms with Crippen LogP contribution in [0.5, 0.6) is 0 Å². The molecule has 0 aromatic rings. The fourth-order valence-corrected chi connectivity index (χ4v) is 3.19. The Bertz CT molecular complexity index is 398. The van der Waals surface area contributed by atoms with Crippen molar-refractivity contribution in [2.24, 2.45) is 5.41 Å². The topological polar surface area (TPSA) is 92.7 Å². The van der Waals surface area contributed by atoms with Crippen LogP contribution in [0.15, 0.2) is 0 Å². The van der Waals surface area contributed by atoms with Crippen molar-refractivity contribution in [3.05, 3.63) is 0 Å². The van der Waals surface area contributed by atoms with Crippen LogP contribution in [-0.2, 0) is 19.6 Å². The van der Waals surface area contributed by atoms with Gasteiger partial charge in [-0.25, -0.2) is 13.1 Å². The summed E-state index contributed by atoms with van der Waals surface area (Å²) >= 11 is 0. The van der Waals surface area contributed by atoms with Crippen LogP contribution in [-0.4, -0.2) is 44.5 Å². The Hall–Kier alpha value is -0.660. The lowest BCUT2D eigenvalue weighted by atomic mass is 9.87. The predicted molar refractivity (Wildman–Crippen MR) is 71.4 cm³/mol. The van der Waals surface area contributed by atoms with E-state index < -0.39 is 21.4 Å².